The van der Waals surface area contributed by atoms with Crippen LogP contribution >= 0.6 is 12.2 Å². The first kappa shape index (κ1) is 11.5. The average Bonchev–Trinajstić information content (AvgIpc) is 2.50. The summed E-state index contributed by atoms with van der Waals surface area (Å²) in [4.78, 5) is 0. The normalized spacial score (nSPS) is 13.1. The van der Waals surface area contributed by atoms with Gasteiger partial charge in [0.15, 0.2) is 0 Å². The monoisotopic (exact) mass is 213 g/mol. The van der Waals surface area contributed by atoms with Crippen LogP contribution in [0.5, 0.6) is 0 Å². The Morgan fingerprint density at radius 1 is 1.43 bits per heavy atom. The summed E-state index contributed by atoms with van der Waals surface area (Å²) in [7, 11) is 0. The smallest absolute Gasteiger partial charge is 0.141 e. The summed E-state index contributed by atoms with van der Waals surface area (Å²) in [5, 5.41) is 2.79. The number of H-pyrrole nitrogens is 1. The topological polar surface area (TPSA) is 28.9 Å². The second-order valence-corrected chi connectivity index (χ2v) is 4.31. The van der Waals surface area contributed by atoms with Crippen molar-refractivity contribution in [2.75, 3.05) is 0 Å². The fourth-order valence-corrected chi connectivity index (χ4v) is 1.74. The molecule has 0 spiro atoms. The van der Waals surface area contributed by atoms with Gasteiger partial charge in [0.05, 0.1) is 0 Å². The van der Waals surface area contributed by atoms with Crippen molar-refractivity contribution in [3.05, 3.63) is 16.0 Å². The molecule has 0 aliphatic carbocycles. The molecule has 1 N–H and O–H groups in total. The highest BCUT2D eigenvalue weighted by atomic mass is 32.1. The van der Waals surface area contributed by atoms with Crippen molar-refractivity contribution in [3.8, 4) is 0 Å². The fraction of sp³-hybridized carbons (Fsp3) is 0.727. The second kappa shape index (κ2) is 5.35. The fourth-order valence-electron chi connectivity index (χ4n) is 1.49. The number of hydrogen-bond acceptors (Lipinski definition) is 2. The molecule has 0 radical (unpaired) electrons. The van der Waals surface area contributed by atoms with Gasteiger partial charge in [-0.05, 0) is 12.3 Å². The zero-order valence-electron chi connectivity index (χ0n) is 9.22. The van der Waals surface area contributed by atoms with Crippen molar-refractivity contribution in [3.63, 3.8) is 0 Å². The summed E-state index contributed by atoms with van der Waals surface area (Å²) < 4.78 is 6.17. The van der Waals surface area contributed by atoms with E-state index in [1.807, 2.05) is 0 Å². The van der Waals surface area contributed by atoms with Crippen LogP contribution in [-0.4, -0.2) is 5.16 Å². The lowest BCUT2D eigenvalue weighted by molar-refractivity contribution is 0.358. The van der Waals surface area contributed by atoms with E-state index in [-0.39, 0.29) is 0 Å². The molecule has 1 atom stereocenters. The Kier molecular flexibility index (Phi) is 4.39. The van der Waals surface area contributed by atoms with Gasteiger partial charge in [0.2, 0.25) is 0 Å². The van der Waals surface area contributed by atoms with Gasteiger partial charge in [0.25, 0.3) is 0 Å². The van der Waals surface area contributed by atoms with E-state index in [1.54, 1.807) is 0 Å². The minimum Gasteiger partial charge on any atom is -0.385 e. The molecule has 1 rings (SSSR count). The summed E-state index contributed by atoms with van der Waals surface area (Å²) in [6, 6.07) is 0. The van der Waals surface area contributed by atoms with Crippen LogP contribution < -0.4 is 0 Å². The molecule has 0 saturated heterocycles. The Hall–Kier alpha value is -0.570. The van der Waals surface area contributed by atoms with Crippen molar-refractivity contribution in [1.82, 2.24) is 5.16 Å². The highest BCUT2D eigenvalue weighted by Gasteiger charge is 2.11. The largest absolute Gasteiger partial charge is 0.385 e. The molecule has 0 aliphatic heterocycles. The predicted octanol–water partition coefficient (Wildman–Crippen LogP) is 3.88. The summed E-state index contributed by atoms with van der Waals surface area (Å²) in [5.74, 6) is 1.73. The first-order valence-corrected chi connectivity index (χ1v) is 5.79. The molecule has 0 aromatic carbocycles. The van der Waals surface area contributed by atoms with E-state index in [9.17, 15) is 0 Å². The molecule has 0 amide bonds. The Balaban J connectivity index is 2.80. The molecule has 2 nitrogen and oxygen atoms in total. The van der Waals surface area contributed by atoms with Gasteiger partial charge in [-0.15, -0.1) is 0 Å². The van der Waals surface area contributed by atoms with Gasteiger partial charge in [0.1, 0.15) is 10.4 Å². The number of aromatic nitrogens is 1. The molecular formula is C11H19NOS. The van der Waals surface area contributed by atoms with Gasteiger partial charge < -0.3 is 4.52 Å². The van der Waals surface area contributed by atoms with Crippen molar-refractivity contribution in [2.24, 2.45) is 5.92 Å². The standard InChI is InChI=1S/C11H19NOS/c1-4-6-9-10(7-8(3)5-2)13-12-11(9)14/h8H,4-7H2,1-3H3,(H,12,14). The molecule has 1 aromatic rings. The number of nitrogens with one attached hydrogen (secondary N) is 1. The quantitative estimate of drug-likeness (QED) is 0.752. The molecule has 1 heterocycles. The summed E-state index contributed by atoms with van der Waals surface area (Å²) in [6.07, 6.45) is 4.32. The molecule has 0 fully saturated rings. The van der Waals surface area contributed by atoms with Gasteiger partial charge >= 0.3 is 0 Å². The lowest BCUT2D eigenvalue weighted by atomic mass is 10.00. The third-order valence-corrected chi connectivity index (χ3v) is 2.94. The van der Waals surface area contributed by atoms with Gasteiger partial charge in [0, 0.05) is 12.0 Å². The molecule has 0 saturated carbocycles. The highest BCUT2D eigenvalue weighted by molar-refractivity contribution is 7.71. The third-order valence-electron chi connectivity index (χ3n) is 2.61. The lowest BCUT2D eigenvalue weighted by Crippen LogP contribution is -1.99. The van der Waals surface area contributed by atoms with E-state index >= 15 is 0 Å². The van der Waals surface area contributed by atoms with Gasteiger partial charge in [-0.3, -0.25) is 0 Å². The van der Waals surface area contributed by atoms with Crippen LogP contribution in [0.1, 0.15) is 44.9 Å². The molecule has 3 heteroatoms. The van der Waals surface area contributed by atoms with E-state index < -0.39 is 0 Å². The Bertz CT molecular complexity index is 326. The second-order valence-electron chi connectivity index (χ2n) is 3.90. The van der Waals surface area contributed by atoms with E-state index in [0.717, 1.165) is 29.7 Å². The van der Waals surface area contributed by atoms with Crippen molar-refractivity contribution in [2.45, 2.75) is 46.5 Å². The molecule has 80 valence electrons. The molecule has 0 aliphatic rings. The maximum atomic E-state index is 5.39. The van der Waals surface area contributed by atoms with Crippen LogP contribution in [-0.2, 0) is 12.8 Å². The molecule has 14 heavy (non-hydrogen) atoms. The first-order valence-electron chi connectivity index (χ1n) is 5.38. The molecule has 1 unspecified atom stereocenters. The number of aromatic amines is 1. The van der Waals surface area contributed by atoms with Crippen molar-refractivity contribution in [1.29, 1.82) is 0 Å². The predicted molar refractivity (Wildman–Crippen MR) is 61.0 cm³/mol. The number of hydrogen-bond donors (Lipinski definition) is 1. The van der Waals surface area contributed by atoms with Gasteiger partial charge in [-0.25, -0.2) is 5.16 Å². The summed E-state index contributed by atoms with van der Waals surface area (Å²) in [6.45, 7) is 6.60. The minimum absolute atomic E-state index is 0.666. The van der Waals surface area contributed by atoms with Crippen molar-refractivity contribution >= 4 is 12.2 Å². The molecular weight excluding hydrogens is 194 g/mol. The highest BCUT2D eigenvalue weighted by Crippen LogP contribution is 2.18. The zero-order chi connectivity index (χ0) is 10.6. The van der Waals surface area contributed by atoms with Crippen LogP contribution in [0.3, 0.4) is 0 Å². The van der Waals surface area contributed by atoms with Crippen molar-refractivity contribution < 1.29 is 4.52 Å². The summed E-state index contributed by atoms with van der Waals surface area (Å²) >= 11 is 5.18. The van der Waals surface area contributed by atoms with E-state index in [2.05, 4.69) is 25.9 Å². The lowest BCUT2D eigenvalue weighted by Gasteiger charge is -2.05. The van der Waals surface area contributed by atoms with E-state index in [1.165, 1.54) is 12.0 Å². The first-order chi connectivity index (χ1) is 6.69. The van der Waals surface area contributed by atoms with Crippen LogP contribution in [0.15, 0.2) is 4.52 Å². The van der Waals surface area contributed by atoms with Gasteiger partial charge in [-0.1, -0.05) is 45.8 Å². The molecule has 1 aromatic heterocycles. The Morgan fingerprint density at radius 3 is 2.71 bits per heavy atom. The maximum Gasteiger partial charge on any atom is 0.141 e. The number of rotatable bonds is 5. The summed E-state index contributed by atoms with van der Waals surface area (Å²) in [5.41, 5.74) is 1.21. The van der Waals surface area contributed by atoms with Crippen LogP contribution in [0.2, 0.25) is 0 Å². The van der Waals surface area contributed by atoms with Crippen LogP contribution in [0.25, 0.3) is 0 Å². The van der Waals surface area contributed by atoms with Crippen LogP contribution in [0.4, 0.5) is 0 Å². The van der Waals surface area contributed by atoms with E-state index in [0.29, 0.717) is 5.92 Å². The van der Waals surface area contributed by atoms with Crippen LogP contribution in [0, 0.1) is 10.6 Å². The minimum atomic E-state index is 0.666. The molecule has 0 bridgehead atoms. The third kappa shape index (κ3) is 2.71. The van der Waals surface area contributed by atoms with Gasteiger partial charge in [-0.2, -0.15) is 0 Å². The Morgan fingerprint density at radius 2 is 2.14 bits per heavy atom. The maximum absolute atomic E-state index is 5.39. The van der Waals surface area contributed by atoms with E-state index in [4.69, 9.17) is 16.7 Å². The average molecular weight is 213 g/mol. The zero-order valence-corrected chi connectivity index (χ0v) is 10.0. The Labute approximate surface area is 90.7 Å². The SMILES string of the molecule is CCCc1c(CC(C)CC)o[nH]c1=S.